The van der Waals surface area contributed by atoms with E-state index in [0.29, 0.717) is 78.2 Å². The molecule has 0 bridgehead atoms. The van der Waals surface area contributed by atoms with E-state index in [1.165, 1.54) is 11.9 Å². The van der Waals surface area contributed by atoms with E-state index in [1.807, 2.05) is 24.3 Å². The molecule has 1 aromatic carbocycles. The molecule has 13 heteroatoms. The molecule has 2 aromatic heterocycles. The van der Waals surface area contributed by atoms with Crippen molar-refractivity contribution in [2.45, 2.75) is 44.6 Å². The molecule has 0 unspecified atom stereocenters. The van der Waals surface area contributed by atoms with Gasteiger partial charge >= 0.3 is 5.97 Å². The van der Waals surface area contributed by atoms with Gasteiger partial charge in [-0.3, -0.25) is 0 Å². The van der Waals surface area contributed by atoms with Crippen molar-refractivity contribution in [1.82, 2.24) is 19.9 Å². The number of aliphatic hydroxyl groups is 1. The molecule has 0 amide bonds. The van der Waals surface area contributed by atoms with Crippen LogP contribution in [0.15, 0.2) is 42.7 Å². The van der Waals surface area contributed by atoms with Gasteiger partial charge in [-0.05, 0) is 68.8 Å². The highest BCUT2D eigenvalue weighted by Crippen LogP contribution is 2.21. The molecular formula is C34H50N6O7. The number of fused-ring (bicyclic) bond motifs is 2. The van der Waals surface area contributed by atoms with Gasteiger partial charge in [0.2, 0.25) is 0 Å². The Kier molecular flexibility index (Phi) is 16.6. The van der Waals surface area contributed by atoms with Crippen LogP contribution in [0, 0.1) is 0 Å². The fourth-order valence-electron chi connectivity index (χ4n) is 5.36. The number of nitrogens with zero attached hydrogens (tertiary/aromatic N) is 4. The zero-order valence-electron chi connectivity index (χ0n) is 27.3. The van der Waals surface area contributed by atoms with E-state index in [1.54, 1.807) is 0 Å². The molecule has 0 spiro atoms. The molecule has 4 N–H and O–H groups in total. The van der Waals surface area contributed by atoms with Crippen LogP contribution in [0.25, 0.3) is 10.9 Å². The molecule has 0 fully saturated rings. The topological polar surface area (TPSA) is 160 Å². The lowest BCUT2D eigenvalue weighted by atomic mass is 10.1. The van der Waals surface area contributed by atoms with E-state index in [0.717, 1.165) is 67.6 Å². The lowest BCUT2D eigenvalue weighted by Gasteiger charge is -2.25. The predicted octanol–water partition coefficient (Wildman–Crippen LogP) is 3.02. The van der Waals surface area contributed by atoms with Gasteiger partial charge in [-0.15, -0.1) is 0 Å². The summed E-state index contributed by atoms with van der Waals surface area (Å²) in [7, 11) is 0. The molecule has 1 aliphatic heterocycles. The van der Waals surface area contributed by atoms with Crippen LogP contribution in [0.5, 0.6) is 0 Å². The summed E-state index contributed by atoms with van der Waals surface area (Å²) in [6, 6.07) is 11.1. The van der Waals surface area contributed by atoms with Crippen LogP contribution >= 0.6 is 0 Å². The first-order valence-electron chi connectivity index (χ1n) is 16.7. The summed E-state index contributed by atoms with van der Waals surface area (Å²) in [6.45, 7) is 6.69. The minimum atomic E-state index is -0.921. The van der Waals surface area contributed by atoms with Crippen molar-refractivity contribution in [3.8, 4) is 0 Å². The van der Waals surface area contributed by atoms with Crippen molar-refractivity contribution in [2.75, 3.05) is 96.3 Å². The third-order valence-corrected chi connectivity index (χ3v) is 7.90. The van der Waals surface area contributed by atoms with E-state index in [9.17, 15) is 9.90 Å². The number of carbonyl (C=O) groups is 1. The number of aliphatic hydroxyl groups excluding tert-OH is 1. The van der Waals surface area contributed by atoms with E-state index >= 15 is 0 Å². The lowest BCUT2D eigenvalue weighted by Crippen LogP contribution is -2.37. The van der Waals surface area contributed by atoms with Crippen LogP contribution < -0.4 is 10.6 Å². The monoisotopic (exact) mass is 654 g/mol. The highest BCUT2D eigenvalue weighted by Gasteiger charge is 2.20. The molecule has 1 aliphatic rings. The Morgan fingerprint density at radius 2 is 1.64 bits per heavy atom. The van der Waals surface area contributed by atoms with Crippen molar-refractivity contribution < 1.29 is 34.0 Å². The van der Waals surface area contributed by atoms with Gasteiger partial charge in [0.15, 0.2) is 0 Å². The number of para-hydroxylation sites is 1. The van der Waals surface area contributed by atoms with Crippen molar-refractivity contribution >= 4 is 28.5 Å². The summed E-state index contributed by atoms with van der Waals surface area (Å²) in [5.74, 6) is 0.622. The maximum Gasteiger partial charge on any atom is 0.326 e. The number of carboxylic acids is 1. The summed E-state index contributed by atoms with van der Waals surface area (Å²) in [5, 5.41) is 26.1. The molecule has 13 nitrogen and oxygen atoms in total. The van der Waals surface area contributed by atoms with Crippen LogP contribution in [0.2, 0.25) is 0 Å². The minimum Gasteiger partial charge on any atom is -0.480 e. The van der Waals surface area contributed by atoms with Crippen molar-refractivity contribution in [2.24, 2.45) is 0 Å². The molecule has 0 saturated heterocycles. The highest BCUT2D eigenvalue weighted by atomic mass is 16.6. The third kappa shape index (κ3) is 13.3. The number of rotatable bonds is 25. The van der Waals surface area contributed by atoms with Crippen LogP contribution in [-0.4, -0.2) is 128 Å². The van der Waals surface area contributed by atoms with Crippen LogP contribution in [0.1, 0.15) is 36.9 Å². The number of hydrogen-bond acceptors (Lipinski definition) is 12. The number of ether oxygens (including phenoxy) is 4. The Morgan fingerprint density at radius 1 is 0.894 bits per heavy atom. The van der Waals surface area contributed by atoms with E-state index in [-0.39, 0.29) is 6.61 Å². The second-order valence-electron chi connectivity index (χ2n) is 11.4. The van der Waals surface area contributed by atoms with Gasteiger partial charge in [0.05, 0.1) is 65.0 Å². The van der Waals surface area contributed by atoms with Gasteiger partial charge in [-0.1, -0.05) is 18.2 Å². The van der Waals surface area contributed by atoms with Gasteiger partial charge in [0.1, 0.15) is 24.0 Å². The number of aromatic nitrogens is 3. The summed E-state index contributed by atoms with van der Waals surface area (Å²) in [6.07, 6.45) is 6.92. The number of benzene rings is 1. The van der Waals surface area contributed by atoms with Crippen LogP contribution in [0.3, 0.4) is 0 Å². The quantitative estimate of drug-likeness (QED) is 0.0989. The zero-order chi connectivity index (χ0) is 32.9. The van der Waals surface area contributed by atoms with Gasteiger partial charge < -0.3 is 44.7 Å². The normalized spacial score (nSPS) is 13.4. The Labute approximate surface area is 277 Å². The number of nitrogens with one attached hydrogen (secondary N) is 2. The number of pyridine rings is 1. The van der Waals surface area contributed by atoms with Gasteiger partial charge in [0.25, 0.3) is 0 Å². The van der Waals surface area contributed by atoms with Crippen LogP contribution in [-0.2, 0) is 36.6 Å². The Morgan fingerprint density at radius 3 is 2.40 bits per heavy atom. The second-order valence-corrected chi connectivity index (χ2v) is 11.4. The minimum absolute atomic E-state index is 0.00797. The molecule has 0 aliphatic carbocycles. The molecular weight excluding hydrogens is 604 g/mol. The third-order valence-electron chi connectivity index (χ3n) is 7.90. The van der Waals surface area contributed by atoms with E-state index < -0.39 is 12.0 Å². The highest BCUT2D eigenvalue weighted by molar-refractivity contribution is 5.90. The maximum atomic E-state index is 12.3. The SMILES string of the molecule is O=C(O)[C@H](CCN(CCCCc1ccc2c(n1)NCCC2)CCOCCOCCOCCOCCO)Nc1ncnc2ccccc12. The Hall–Kier alpha value is -3.46. The predicted molar refractivity (Wildman–Crippen MR) is 180 cm³/mol. The Bertz CT molecular complexity index is 1330. The summed E-state index contributed by atoms with van der Waals surface area (Å²) >= 11 is 0. The molecule has 1 atom stereocenters. The molecule has 3 aromatic rings. The number of aryl methyl sites for hydroxylation is 2. The molecule has 258 valence electrons. The van der Waals surface area contributed by atoms with Crippen molar-refractivity contribution in [1.29, 1.82) is 0 Å². The standard InChI is InChI=1S/C34H50N6O7/c41-17-19-45-21-23-47-25-24-46-22-20-44-18-16-40(14-4-3-7-28-11-10-27-6-5-13-35-32(27)38-28)15-12-31(34(42)43)39-33-29-8-1-2-9-30(29)36-26-37-33/h1-2,8-11,26,31,41H,3-7,12-25H2,(H,35,38)(H,42,43)(H,36,37,39)/t31-/m0/s1. The van der Waals surface area contributed by atoms with Crippen molar-refractivity contribution in [3.05, 3.63) is 54.0 Å². The average molecular weight is 655 g/mol. The number of unbranched alkanes of at least 4 members (excludes halogenated alkanes) is 1. The summed E-state index contributed by atoms with van der Waals surface area (Å²) < 4.78 is 22.0. The molecule has 4 rings (SSSR count). The largest absolute Gasteiger partial charge is 0.480 e. The van der Waals surface area contributed by atoms with Crippen LogP contribution in [0.4, 0.5) is 11.6 Å². The second kappa shape index (κ2) is 21.4. The molecule has 3 heterocycles. The fraction of sp³-hybridized carbons (Fsp3) is 0.588. The lowest BCUT2D eigenvalue weighted by molar-refractivity contribution is -0.138. The first-order valence-corrected chi connectivity index (χ1v) is 16.7. The average Bonchev–Trinajstić information content (AvgIpc) is 3.09. The Balaban J connectivity index is 1.21. The summed E-state index contributed by atoms with van der Waals surface area (Å²) in [4.78, 5) is 28.0. The number of aliphatic carboxylic acids is 1. The van der Waals surface area contributed by atoms with E-state index in [2.05, 4.69) is 37.6 Å². The van der Waals surface area contributed by atoms with Crippen molar-refractivity contribution in [3.63, 3.8) is 0 Å². The summed E-state index contributed by atoms with van der Waals surface area (Å²) in [5.41, 5.74) is 3.15. The number of carboxylic acid groups (broad SMARTS) is 1. The zero-order valence-corrected chi connectivity index (χ0v) is 27.3. The smallest absolute Gasteiger partial charge is 0.326 e. The number of hydrogen-bond donors (Lipinski definition) is 4. The molecule has 0 saturated carbocycles. The molecule has 0 radical (unpaired) electrons. The number of anilines is 2. The van der Waals surface area contributed by atoms with Gasteiger partial charge in [-0.2, -0.15) is 0 Å². The maximum absolute atomic E-state index is 12.3. The van der Waals surface area contributed by atoms with Gasteiger partial charge in [-0.25, -0.2) is 19.7 Å². The van der Waals surface area contributed by atoms with Gasteiger partial charge in [0, 0.05) is 30.7 Å². The molecule has 47 heavy (non-hydrogen) atoms. The fourth-order valence-corrected chi connectivity index (χ4v) is 5.36. The first kappa shape index (κ1) is 36.4. The first-order chi connectivity index (χ1) is 23.1. The van der Waals surface area contributed by atoms with E-state index in [4.69, 9.17) is 29.0 Å².